The first-order chi connectivity index (χ1) is 32.0. The SMILES string of the molecule is [2H]C=C([2H])C1=C(/C([2H])=C/N(C2=CC=C(c3ccc4ccccc4c3)CC2)c2ccc(-c3cc4ccccc4c4ccccc34)cc2)C(c2ccccc2)(c2ccccc2)c2ccccc21. The minimum Gasteiger partial charge on any atom is -0.321 e. The van der Waals surface area contributed by atoms with E-state index in [0.29, 0.717) is 11.1 Å². The van der Waals surface area contributed by atoms with E-state index in [0.717, 1.165) is 58.6 Å². The molecule has 9 aromatic rings. The summed E-state index contributed by atoms with van der Waals surface area (Å²) >= 11 is 0. The molecule has 0 unspecified atom stereocenters. The Morgan fingerprint density at radius 3 is 1.87 bits per heavy atom. The van der Waals surface area contributed by atoms with Crippen LogP contribution in [0.3, 0.4) is 0 Å². The zero-order valence-corrected chi connectivity index (χ0v) is 34.3. The van der Waals surface area contributed by atoms with Gasteiger partial charge in [0.15, 0.2) is 0 Å². The molecule has 2 aliphatic rings. The van der Waals surface area contributed by atoms with Gasteiger partial charge in [-0.05, 0) is 137 Å². The number of hydrogen-bond donors (Lipinski definition) is 0. The maximum Gasteiger partial charge on any atom is 0.0714 e. The highest BCUT2D eigenvalue weighted by Gasteiger charge is 2.46. The fraction of sp³-hybridized carbons (Fsp3) is 0.0492. The van der Waals surface area contributed by atoms with Crippen molar-refractivity contribution in [2.45, 2.75) is 18.3 Å². The lowest BCUT2D eigenvalue weighted by Gasteiger charge is -2.35. The van der Waals surface area contributed by atoms with Crippen LogP contribution in [0.4, 0.5) is 5.69 Å². The second-order valence-corrected chi connectivity index (χ2v) is 16.2. The van der Waals surface area contributed by atoms with Gasteiger partial charge in [-0.3, -0.25) is 0 Å². The Labute approximate surface area is 368 Å². The van der Waals surface area contributed by atoms with E-state index in [-0.39, 0.29) is 12.1 Å². The van der Waals surface area contributed by atoms with Gasteiger partial charge < -0.3 is 4.90 Å². The van der Waals surface area contributed by atoms with Crippen LogP contribution < -0.4 is 4.90 Å². The van der Waals surface area contributed by atoms with Crippen molar-refractivity contribution in [1.29, 1.82) is 0 Å². The molecule has 11 rings (SSSR count). The van der Waals surface area contributed by atoms with E-state index in [9.17, 15) is 2.74 Å². The molecule has 0 bridgehead atoms. The normalized spacial score (nSPS) is 15.8. The molecule has 0 saturated carbocycles. The van der Waals surface area contributed by atoms with E-state index in [1.54, 1.807) is 0 Å². The second-order valence-electron chi connectivity index (χ2n) is 16.2. The first-order valence-corrected chi connectivity index (χ1v) is 21.4. The minimum atomic E-state index is -0.936. The van der Waals surface area contributed by atoms with Crippen LogP contribution in [-0.4, -0.2) is 0 Å². The highest BCUT2D eigenvalue weighted by molar-refractivity contribution is 6.13. The van der Waals surface area contributed by atoms with Crippen molar-refractivity contribution in [2.24, 2.45) is 0 Å². The molecule has 9 aromatic carbocycles. The molecule has 0 saturated heterocycles. The van der Waals surface area contributed by atoms with Gasteiger partial charge in [-0.15, -0.1) is 0 Å². The summed E-state index contributed by atoms with van der Waals surface area (Å²) in [4.78, 5) is 2.18. The quantitative estimate of drug-likeness (QED) is 0.132. The summed E-state index contributed by atoms with van der Waals surface area (Å²) in [6, 6.07) is 72.8. The highest BCUT2D eigenvalue weighted by Crippen LogP contribution is 2.55. The van der Waals surface area contributed by atoms with Crippen LogP contribution >= 0.6 is 0 Å². The van der Waals surface area contributed by atoms with Gasteiger partial charge >= 0.3 is 0 Å². The van der Waals surface area contributed by atoms with Crippen LogP contribution in [0, 0.1) is 0 Å². The Balaban J connectivity index is 1.11. The Kier molecular flexibility index (Phi) is 8.61. The van der Waals surface area contributed by atoms with E-state index in [1.807, 2.05) is 60.8 Å². The van der Waals surface area contributed by atoms with Crippen LogP contribution in [-0.2, 0) is 5.41 Å². The maximum atomic E-state index is 10.4. The van der Waals surface area contributed by atoms with Crippen molar-refractivity contribution in [2.75, 3.05) is 4.90 Å². The van der Waals surface area contributed by atoms with Gasteiger partial charge in [0.1, 0.15) is 0 Å². The lowest BCUT2D eigenvalue weighted by atomic mass is 9.67. The van der Waals surface area contributed by atoms with Gasteiger partial charge in [0.2, 0.25) is 0 Å². The smallest absolute Gasteiger partial charge is 0.0714 e. The summed E-state index contributed by atoms with van der Waals surface area (Å²) in [7, 11) is 0. The zero-order valence-electron chi connectivity index (χ0n) is 37.3. The van der Waals surface area contributed by atoms with Crippen LogP contribution in [0.2, 0.25) is 0 Å². The number of allylic oxidation sites excluding steroid dienone is 8. The number of rotatable bonds is 9. The third-order valence-electron chi connectivity index (χ3n) is 12.9. The third kappa shape index (κ3) is 6.25. The molecule has 0 spiro atoms. The number of hydrogen-bond acceptors (Lipinski definition) is 1. The summed E-state index contributed by atoms with van der Waals surface area (Å²) in [5, 5.41) is 7.33. The molecule has 0 radical (unpaired) electrons. The van der Waals surface area contributed by atoms with Gasteiger partial charge in [0.05, 0.1) is 9.53 Å². The Bertz CT molecular complexity index is 3410. The van der Waals surface area contributed by atoms with Gasteiger partial charge in [-0.25, -0.2) is 0 Å². The van der Waals surface area contributed by atoms with Crippen LogP contribution in [0.1, 0.15) is 44.8 Å². The molecular weight excluding hydrogens is 747 g/mol. The number of anilines is 1. The number of benzene rings is 9. The van der Waals surface area contributed by atoms with Crippen molar-refractivity contribution >= 4 is 49.2 Å². The molecule has 1 heteroatoms. The van der Waals surface area contributed by atoms with Crippen molar-refractivity contribution in [3.05, 3.63) is 282 Å². The molecule has 294 valence electrons. The fourth-order valence-electron chi connectivity index (χ4n) is 9.96. The van der Waals surface area contributed by atoms with E-state index in [4.69, 9.17) is 1.37 Å². The van der Waals surface area contributed by atoms with Crippen LogP contribution in [0.25, 0.3) is 54.6 Å². The topological polar surface area (TPSA) is 3.24 Å². The molecule has 2 aliphatic carbocycles. The Morgan fingerprint density at radius 1 is 0.516 bits per heavy atom. The predicted octanol–water partition coefficient (Wildman–Crippen LogP) is 15.9. The highest BCUT2D eigenvalue weighted by atomic mass is 15.1. The Hall–Kier alpha value is -7.74. The second kappa shape index (κ2) is 15.7. The van der Waals surface area contributed by atoms with Crippen molar-refractivity contribution < 1.29 is 4.11 Å². The maximum absolute atomic E-state index is 10.4. The van der Waals surface area contributed by atoms with E-state index in [1.165, 1.54) is 49.0 Å². The molecule has 0 fully saturated rings. The molecule has 0 atom stereocenters. The molecular formula is C61H45N. The lowest BCUT2D eigenvalue weighted by molar-refractivity contribution is 0.760. The molecule has 0 aliphatic heterocycles. The average molecular weight is 795 g/mol. The standard InChI is InChI=1S/C61H45N/c1-2-53-57-27-15-16-28-59(57)61(49-20-5-3-6-21-49,50-22-7-4-8-23-50)60(53)39-40-62(51-35-31-44(32-36-51)47-30-29-43-17-9-10-18-46(43)41-47)52-37-33-45(34-38-52)58-42-48-19-11-12-24-54(48)55-25-13-14-26-56(55)58/h2-31,33-35,37-42H,1,32,36H2/b40-39+/i1D,2D,39D/b2-1?,40-39+. The summed E-state index contributed by atoms with van der Waals surface area (Å²) in [6.45, 7) is 1.11. The summed E-state index contributed by atoms with van der Waals surface area (Å²) in [6.07, 6.45) is 7.99. The van der Waals surface area contributed by atoms with Crippen molar-refractivity contribution in [3.8, 4) is 11.1 Å². The molecule has 0 N–H and O–H groups in total. The minimum absolute atomic E-state index is 0.0673. The van der Waals surface area contributed by atoms with Gasteiger partial charge in [-0.1, -0.05) is 201 Å². The van der Waals surface area contributed by atoms with Crippen LogP contribution in [0.5, 0.6) is 0 Å². The molecule has 0 aromatic heterocycles. The van der Waals surface area contributed by atoms with Gasteiger partial charge in [0, 0.05) is 17.6 Å². The third-order valence-corrected chi connectivity index (χ3v) is 12.9. The monoisotopic (exact) mass is 794 g/mol. The zero-order chi connectivity index (χ0) is 43.9. The van der Waals surface area contributed by atoms with Crippen molar-refractivity contribution in [3.63, 3.8) is 0 Å². The van der Waals surface area contributed by atoms with Crippen molar-refractivity contribution in [1.82, 2.24) is 0 Å². The first kappa shape index (κ1) is 34.0. The molecule has 0 heterocycles. The molecule has 0 amide bonds. The fourth-order valence-corrected chi connectivity index (χ4v) is 9.96. The first-order valence-electron chi connectivity index (χ1n) is 23.0. The Morgan fingerprint density at radius 2 is 1.15 bits per heavy atom. The summed E-state index contributed by atoms with van der Waals surface area (Å²) < 4.78 is 28.2. The van der Waals surface area contributed by atoms with E-state index >= 15 is 0 Å². The largest absolute Gasteiger partial charge is 0.321 e. The lowest BCUT2D eigenvalue weighted by Crippen LogP contribution is -2.29. The van der Waals surface area contributed by atoms with Gasteiger partial charge in [0.25, 0.3) is 0 Å². The molecule has 1 nitrogen and oxygen atoms in total. The van der Waals surface area contributed by atoms with Crippen LogP contribution in [0.15, 0.2) is 255 Å². The molecule has 62 heavy (non-hydrogen) atoms. The van der Waals surface area contributed by atoms with Gasteiger partial charge in [-0.2, -0.15) is 0 Å². The summed E-state index contributed by atoms with van der Waals surface area (Å²) in [5.74, 6) is 0. The summed E-state index contributed by atoms with van der Waals surface area (Å²) in [5.41, 5.74) is 11.0. The predicted molar refractivity (Wildman–Crippen MR) is 264 cm³/mol. The number of fused-ring (bicyclic) bond motifs is 5. The van der Waals surface area contributed by atoms with E-state index in [2.05, 4.69) is 169 Å². The van der Waals surface area contributed by atoms with E-state index < -0.39 is 5.41 Å². The average Bonchev–Trinajstić information content (AvgIpc) is 3.70. The number of nitrogens with zero attached hydrogens (tertiary/aromatic N) is 1.